The molecule has 0 bridgehead atoms. The Morgan fingerprint density at radius 2 is 2.20 bits per heavy atom. The Morgan fingerprint density at radius 3 is 2.87 bits per heavy atom. The van der Waals surface area contributed by atoms with Crippen molar-refractivity contribution < 1.29 is 4.74 Å². The molecule has 0 amide bonds. The van der Waals surface area contributed by atoms with Crippen molar-refractivity contribution in [1.82, 2.24) is 14.6 Å². The zero-order chi connectivity index (χ0) is 11.0. The molecule has 78 valence electrons. The van der Waals surface area contributed by atoms with E-state index in [-0.39, 0.29) is 0 Å². The Kier molecular flexibility index (Phi) is 2.19. The summed E-state index contributed by atoms with van der Waals surface area (Å²) in [6, 6.07) is 1.91. The molecule has 2 aromatic heterocycles. The average Bonchev–Trinajstić information content (AvgIpc) is 2.58. The van der Waals surface area contributed by atoms with E-state index in [4.69, 9.17) is 4.74 Å². The van der Waals surface area contributed by atoms with Crippen LogP contribution in [-0.2, 0) is 4.74 Å². The van der Waals surface area contributed by atoms with Gasteiger partial charge in [0.25, 0.3) is 0 Å². The highest BCUT2D eigenvalue weighted by atomic mass is 16.5. The smallest absolute Gasteiger partial charge is 0.158 e. The minimum atomic E-state index is 0.591. The van der Waals surface area contributed by atoms with Crippen molar-refractivity contribution in [2.24, 2.45) is 0 Å². The van der Waals surface area contributed by atoms with Gasteiger partial charge in [-0.1, -0.05) is 6.58 Å². The van der Waals surface area contributed by atoms with Gasteiger partial charge in [-0.2, -0.15) is 5.10 Å². The molecule has 15 heavy (non-hydrogen) atoms. The molecule has 0 aliphatic rings. The summed E-state index contributed by atoms with van der Waals surface area (Å²) in [5.74, 6) is 0.591. The summed E-state index contributed by atoms with van der Waals surface area (Å²) in [5, 5.41) is 4.24. The monoisotopic (exact) mass is 203 g/mol. The van der Waals surface area contributed by atoms with Crippen molar-refractivity contribution in [2.75, 3.05) is 7.11 Å². The molecule has 0 atom stereocenters. The van der Waals surface area contributed by atoms with E-state index in [1.54, 1.807) is 17.8 Å². The first-order chi connectivity index (χ1) is 7.13. The van der Waals surface area contributed by atoms with Crippen LogP contribution in [0.2, 0.25) is 0 Å². The molecule has 0 spiro atoms. The Labute approximate surface area is 88.2 Å². The van der Waals surface area contributed by atoms with Crippen LogP contribution < -0.4 is 0 Å². The Morgan fingerprint density at radius 1 is 1.47 bits per heavy atom. The van der Waals surface area contributed by atoms with E-state index in [0.717, 1.165) is 22.6 Å². The van der Waals surface area contributed by atoms with Gasteiger partial charge in [0.15, 0.2) is 5.65 Å². The first kappa shape index (κ1) is 9.71. The fourth-order valence-corrected chi connectivity index (χ4v) is 1.50. The van der Waals surface area contributed by atoms with Crippen molar-refractivity contribution >= 4 is 11.4 Å². The van der Waals surface area contributed by atoms with Crippen LogP contribution in [0.5, 0.6) is 0 Å². The van der Waals surface area contributed by atoms with E-state index in [2.05, 4.69) is 16.7 Å². The fourth-order valence-electron chi connectivity index (χ4n) is 1.50. The SMILES string of the molecule is C=C(OC)c1cc(C)nc2c(C)cnn12. The maximum Gasteiger partial charge on any atom is 0.158 e. The van der Waals surface area contributed by atoms with Crippen LogP contribution in [-0.4, -0.2) is 21.7 Å². The number of ether oxygens (including phenoxy) is 1. The van der Waals surface area contributed by atoms with Crippen molar-refractivity contribution in [3.8, 4) is 0 Å². The van der Waals surface area contributed by atoms with Crippen LogP contribution >= 0.6 is 0 Å². The van der Waals surface area contributed by atoms with Gasteiger partial charge in [0.1, 0.15) is 11.5 Å². The zero-order valence-corrected chi connectivity index (χ0v) is 9.11. The molecule has 0 unspecified atom stereocenters. The number of nitrogens with zero attached hydrogens (tertiary/aromatic N) is 3. The lowest BCUT2D eigenvalue weighted by molar-refractivity contribution is 0.368. The normalized spacial score (nSPS) is 10.6. The molecule has 0 aliphatic heterocycles. The molecule has 0 saturated heterocycles. The van der Waals surface area contributed by atoms with Crippen LogP contribution in [0.4, 0.5) is 0 Å². The Bertz CT molecular complexity index is 528. The summed E-state index contributed by atoms with van der Waals surface area (Å²) in [6.07, 6.45) is 1.79. The molecule has 0 N–H and O–H groups in total. The van der Waals surface area contributed by atoms with E-state index < -0.39 is 0 Å². The summed E-state index contributed by atoms with van der Waals surface area (Å²) in [5.41, 5.74) is 3.67. The van der Waals surface area contributed by atoms with Gasteiger partial charge in [-0.15, -0.1) is 0 Å². The van der Waals surface area contributed by atoms with Crippen molar-refractivity contribution in [2.45, 2.75) is 13.8 Å². The molecule has 2 heterocycles. The predicted molar refractivity (Wildman–Crippen MR) is 58.5 cm³/mol. The number of aromatic nitrogens is 3. The van der Waals surface area contributed by atoms with Gasteiger partial charge in [0.05, 0.1) is 13.3 Å². The highest BCUT2D eigenvalue weighted by Crippen LogP contribution is 2.17. The molecular formula is C11H13N3O. The first-order valence-corrected chi connectivity index (χ1v) is 4.68. The maximum atomic E-state index is 5.13. The number of hydrogen-bond acceptors (Lipinski definition) is 3. The zero-order valence-electron chi connectivity index (χ0n) is 9.11. The molecule has 4 heteroatoms. The largest absolute Gasteiger partial charge is 0.495 e. The third-order valence-electron chi connectivity index (χ3n) is 2.31. The second kappa shape index (κ2) is 3.38. The molecule has 2 rings (SSSR count). The van der Waals surface area contributed by atoms with Gasteiger partial charge < -0.3 is 4.74 Å². The third-order valence-corrected chi connectivity index (χ3v) is 2.31. The van der Waals surface area contributed by atoms with Gasteiger partial charge >= 0.3 is 0 Å². The maximum absolute atomic E-state index is 5.13. The number of fused-ring (bicyclic) bond motifs is 1. The van der Waals surface area contributed by atoms with Crippen LogP contribution in [0.25, 0.3) is 11.4 Å². The van der Waals surface area contributed by atoms with Crippen LogP contribution in [0.15, 0.2) is 18.8 Å². The van der Waals surface area contributed by atoms with E-state index in [0.29, 0.717) is 5.76 Å². The predicted octanol–water partition coefficient (Wildman–Crippen LogP) is 1.96. The van der Waals surface area contributed by atoms with Gasteiger partial charge in [-0.3, -0.25) is 0 Å². The van der Waals surface area contributed by atoms with Crippen molar-refractivity contribution in [1.29, 1.82) is 0 Å². The standard InChI is InChI=1S/C11H13N3O/c1-7-6-12-14-10(9(3)15-4)5-8(2)13-11(7)14/h5-6H,3H2,1-2,4H3. The number of rotatable bonds is 2. The van der Waals surface area contributed by atoms with Gasteiger partial charge in [-0.25, -0.2) is 9.50 Å². The molecule has 0 radical (unpaired) electrons. The van der Waals surface area contributed by atoms with E-state index in [1.807, 2.05) is 19.9 Å². The molecule has 0 fully saturated rings. The lowest BCUT2D eigenvalue weighted by atomic mass is 10.3. The van der Waals surface area contributed by atoms with Crippen LogP contribution in [0.1, 0.15) is 17.0 Å². The molecule has 4 nitrogen and oxygen atoms in total. The number of methoxy groups -OCH3 is 1. The minimum Gasteiger partial charge on any atom is -0.495 e. The highest BCUT2D eigenvalue weighted by molar-refractivity contribution is 5.59. The lowest BCUT2D eigenvalue weighted by Gasteiger charge is -2.07. The summed E-state index contributed by atoms with van der Waals surface area (Å²) < 4.78 is 6.87. The third kappa shape index (κ3) is 1.48. The Balaban J connectivity index is 2.78. The fraction of sp³-hybridized carbons (Fsp3) is 0.273. The molecule has 0 saturated carbocycles. The topological polar surface area (TPSA) is 39.4 Å². The quantitative estimate of drug-likeness (QED) is 0.700. The average molecular weight is 203 g/mol. The first-order valence-electron chi connectivity index (χ1n) is 4.68. The minimum absolute atomic E-state index is 0.591. The van der Waals surface area contributed by atoms with Crippen LogP contribution in [0, 0.1) is 13.8 Å². The molecular weight excluding hydrogens is 190 g/mol. The second-order valence-electron chi connectivity index (χ2n) is 3.47. The second-order valence-corrected chi connectivity index (χ2v) is 3.47. The summed E-state index contributed by atoms with van der Waals surface area (Å²) >= 11 is 0. The van der Waals surface area contributed by atoms with E-state index in [1.165, 1.54) is 0 Å². The molecule has 2 aromatic rings. The van der Waals surface area contributed by atoms with E-state index in [9.17, 15) is 0 Å². The van der Waals surface area contributed by atoms with Gasteiger partial charge in [-0.05, 0) is 19.9 Å². The number of hydrogen-bond donors (Lipinski definition) is 0. The van der Waals surface area contributed by atoms with Crippen molar-refractivity contribution in [3.63, 3.8) is 0 Å². The summed E-state index contributed by atoms with van der Waals surface area (Å²) in [7, 11) is 1.60. The summed E-state index contributed by atoms with van der Waals surface area (Å²) in [6.45, 7) is 7.76. The number of aryl methyl sites for hydroxylation is 2. The Hall–Kier alpha value is -1.84. The van der Waals surface area contributed by atoms with Gasteiger partial charge in [0, 0.05) is 11.3 Å². The molecule has 0 aliphatic carbocycles. The molecule has 0 aromatic carbocycles. The lowest BCUT2D eigenvalue weighted by Crippen LogP contribution is -2.02. The summed E-state index contributed by atoms with van der Waals surface area (Å²) in [4.78, 5) is 4.42. The van der Waals surface area contributed by atoms with Crippen LogP contribution in [0.3, 0.4) is 0 Å². The van der Waals surface area contributed by atoms with E-state index >= 15 is 0 Å². The van der Waals surface area contributed by atoms with Gasteiger partial charge in [0.2, 0.25) is 0 Å². The highest BCUT2D eigenvalue weighted by Gasteiger charge is 2.09. The van der Waals surface area contributed by atoms with Crippen molar-refractivity contribution in [3.05, 3.63) is 35.8 Å².